The van der Waals surface area contributed by atoms with Crippen LogP contribution in [0, 0.1) is 0 Å². The number of phosphoric ester groups is 1. The summed E-state index contributed by atoms with van der Waals surface area (Å²) >= 11 is 0. The van der Waals surface area contributed by atoms with Crippen LogP contribution in [-0.2, 0) is 18.3 Å². The largest absolute Gasteiger partial charge is 0.472 e. The van der Waals surface area contributed by atoms with E-state index in [2.05, 4.69) is 4.52 Å². The van der Waals surface area contributed by atoms with Gasteiger partial charge in [-0.15, -0.1) is 0 Å². The van der Waals surface area contributed by atoms with Crippen molar-refractivity contribution in [3.63, 3.8) is 0 Å². The summed E-state index contributed by atoms with van der Waals surface area (Å²) in [4.78, 5) is 8.97. The summed E-state index contributed by atoms with van der Waals surface area (Å²) < 4.78 is 25.4. The molecule has 76 valence electrons. The van der Waals surface area contributed by atoms with Gasteiger partial charge < -0.3 is 14.7 Å². The Labute approximate surface area is 75.0 Å². The van der Waals surface area contributed by atoms with Crippen molar-refractivity contribution in [1.29, 1.82) is 0 Å². The minimum Gasteiger partial charge on any atom is -0.388 e. The van der Waals surface area contributed by atoms with Gasteiger partial charge in [-0.2, -0.15) is 0 Å². The van der Waals surface area contributed by atoms with Crippen LogP contribution in [0.5, 0.6) is 0 Å². The van der Waals surface area contributed by atoms with E-state index in [1.807, 2.05) is 0 Å². The van der Waals surface area contributed by atoms with E-state index in [0.717, 1.165) is 0 Å². The average molecular weight is 210 g/mol. The van der Waals surface area contributed by atoms with Crippen molar-refractivity contribution < 1.29 is 28.3 Å². The highest BCUT2D eigenvalue weighted by atomic mass is 31.2. The van der Waals surface area contributed by atoms with Gasteiger partial charge >= 0.3 is 7.82 Å². The van der Waals surface area contributed by atoms with E-state index in [9.17, 15) is 9.67 Å². The summed E-state index contributed by atoms with van der Waals surface area (Å²) in [6, 6.07) is 0. The van der Waals surface area contributed by atoms with Gasteiger partial charge in [0.15, 0.2) is 0 Å². The van der Waals surface area contributed by atoms with Crippen molar-refractivity contribution >= 4 is 7.82 Å². The van der Waals surface area contributed by atoms with Crippen LogP contribution in [0.15, 0.2) is 0 Å². The first-order valence-electron chi connectivity index (χ1n) is 3.99. The van der Waals surface area contributed by atoms with Crippen LogP contribution in [-0.4, -0.2) is 41.0 Å². The number of hydrogen-bond acceptors (Lipinski definition) is 5. The van der Waals surface area contributed by atoms with Gasteiger partial charge in [-0.1, -0.05) is 0 Å². The van der Waals surface area contributed by atoms with E-state index >= 15 is 0 Å². The molecule has 0 bridgehead atoms. The van der Waals surface area contributed by atoms with Crippen LogP contribution in [0.3, 0.4) is 0 Å². The van der Waals surface area contributed by atoms with E-state index < -0.39 is 32.2 Å². The molecule has 0 saturated carbocycles. The molecule has 0 aromatic heterocycles. The third-order valence-corrected chi connectivity index (χ3v) is 3.22. The molecule has 3 unspecified atom stereocenters. The molecule has 0 amide bonds. The third kappa shape index (κ3) is 1.66. The SMILES string of the molecule is CC1OC2COP(=O)(O)O[C@H]2[C@H]1O. The van der Waals surface area contributed by atoms with Crippen LogP contribution < -0.4 is 0 Å². The summed E-state index contributed by atoms with van der Waals surface area (Å²) in [6.07, 6.45) is -2.45. The smallest absolute Gasteiger partial charge is 0.388 e. The van der Waals surface area contributed by atoms with Gasteiger partial charge in [0.1, 0.15) is 18.3 Å². The minimum atomic E-state index is -3.96. The van der Waals surface area contributed by atoms with Gasteiger partial charge in [-0.25, -0.2) is 4.57 Å². The Morgan fingerprint density at radius 1 is 1.54 bits per heavy atom. The fourth-order valence-electron chi connectivity index (χ4n) is 1.54. The van der Waals surface area contributed by atoms with Gasteiger partial charge in [-0.05, 0) is 6.92 Å². The van der Waals surface area contributed by atoms with Crippen LogP contribution in [0.2, 0.25) is 0 Å². The van der Waals surface area contributed by atoms with E-state index in [1.54, 1.807) is 6.92 Å². The molecule has 7 heteroatoms. The quantitative estimate of drug-likeness (QED) is 0.531. The van der Waals surface area contributed by atoms with Crippen molar-refractivity contribution in [2.75, 3.05) is 6.61 Å². The Morgan fingerprint density at radius 3 is 2.92 bits per heavy atom. The van der Waals surface area contributed by atoms with Crippen LogP contribution in [0.1, 0.15) is 6.92 Å². The number of fused-ring (bicyclic) bond motifs is 1. The Morgan fingerprint density at radius 2 is 2.23 bits per heavy atom. The lowest BCUT2D eigenvalue weighted by Gasteiger charge is -2.28. The summed E-state index contributed by atoms with van der Waals surface area (Å²) in [5, 5.41) is 9.49. The molecule has 2 saturated heterocycles. The molecule has 13 heavy (non-hydrogen) atoms. The molecule has 2 aliphatic heterocycles. The van der Waals surface area contributed by atoms with Crippen molar-refractivity contribution in [2.24, 2.45) is 0 Å². The summed E-state index contributed by atoms with van der Waals surface area (Å²) in [5.74, 6) is 0. The summed E-state index contributed by atoms with van der Waals surface area (Å²) in [5.41, 5.74) is 0. The second kappa shape index (κ2) is 3.02. The fraction of sp³-hybridized carbons (Fsp3) is 1.00. The molecule has 0 aromatic rings. The first-order chi connectivity index (χ1) is 5.99. The highest BCUT2D eigenvalue weighted by Gasteiger charge is 2.50. The molecule has 6 nitrogen and oxygen atoms in total. The van der Waals surface area contributed by atoms with Crippen LogP contribution in [0.4, 0.5) is 0 Å². The zero-order valence-corrected chi connectivity index (χ0v) is 7.89. The maximum absolute atomic E-state index is 11.0. The molecule has 0 radical (unpaired) electrons. The lowest BCUT2D eigenvalue weighted by molar-refractivity contribution is -0.0525. The van der Waals surface area contributed by atoms with E-state index in [0.29, 0.717) is 0 Å². The lowest BCUT2D eigenvalue weighted by Crippen LogP contribution is -2.39. The average Bonchev–Trinajstić information content (AvgIpc) is 2.29. The van der Waals surface area contributed by atoms with Crippen LogP contribution >= 0.6 is 7.82 Å². The number of rotatable bonds is 0. The fourth-order valence-corrected chi connectivity index (χ4v) is 2.50. The number of ether oxygens (including phenoxy) is 1. The second-order valence-corrected chi connectivity index (χ2v) is 4.61. The normalized spacial score (nSPS) is 56.2. The molecule has 0 aliphatic carbocycles. The Balaban J connectivity index is 2.14. The first kappa shape index (κ1) is 9.58. The highest BCUT2D eigenvalue weighted by Crippen LogP contribution is 2.51. The number of phosphoric acid groups is 1. The molecular weight excluding hydrogens is 199 g/mol. The molecular formula is C6H11O6P. The molecule has 0 aromatic carbocycles. The van der Waals surface area contributed by atoms with E-state index in [1.165, 1.54) is 0 Å². The summed E-state index contributed by atoms with van der Waals surface area (Å²) in [7, 11) is -3.96. The Kier molecular flexibility index (Phi) is 2.22. The standard InChI is InChI=1S/C6H11O6P/c1-3-5(7)6-4(11-3)2-10-13(8,9)12-6/h3-7H,2H2,1H3,(H,8,9)/t3?,4?,5-,6+/m0/s1. The van der Waals surface area contributed by atoms with Crippen molar-refractivity contribution in [2.45, 2.75) is 31.3 Å². The maximum Gasteiger partial charge on any atom is 0.472 e. The van der Waals surface area contributed by atoms with Crippen molar-refractivity contribution in [3.8, 4) is 0 Å². The molecule has 0 spiro atoms. The van der Waals surface area contributed by atoms with Gasteiger partial charge in [0, 0.05) is 0 Å². The Hall–Kier alpha value is 0.0300. The summed E-state index contributed by atoms with van der Waals surface area (Å²) in [6.45, 7) is 1.66. The molecule has 2 rings (SSSR count). The number of hydrogen-bond donors (Lipinski definition) is 2. The van der Waals surface area contributed by atoms with Gasteiger partial charge in [0.25, 0.3) is 0 Å². The van der Waals surface area contributed by atoms with Crippen molar-refractivity contribution in [1.82, 2.24) is 0 Å². The van der Waals surface area contributed by atoms with E-state index in [-0.39, 0.29) is 6.61 Å². The van der Waals surface area contributed by atoms with Gasteiger partial charge in [0.2, 0.25) is 0 Å². The number of aliphatic hydroxyl groups is 1. The molecule has 5 atom stereocenters. The molecule has 2 fully saturated rings. The Bertz CT molecular complexity index is 256. The maximum atomic E-state index is 11.0. The highest BCUT2D eigenvalue weighted by molar-refractivity contribution is 7.47. The van der Waals surface area contributed by atoms with E-state index in [4.69, 9.17) is 14.2 Å². The zero-order chi connectivity index (χ0) is 9.64. The lowest BCUT2D eigenvalue weighted by atomic mass is 10.1. The first-order valence-corrected chi connectivity index (χ1v) is 5.48. The van der Waals surface area contributed by atoms with Crippen molar-refractivity contribution in [3.05, 3.63) is 0 Å². The predicted octanol–water partition coefficient (Wildman–Crippen LogP) is -0.350. The zero-order valence-electron chi connectivity index (χ0n) is 6.99. The monoisotopic (exact) mass is 210 g/mol. The second-order valence-electron chi connectivity index (χ2n) is 3.20. The minimum absolute atomic E-state index is 0.0140. The number of aliphatic hydroxyl groups excluding tert-OH is 1. The third-order valence-electron chi connectivity index (χ3n) is 2.23. The molecule has 2 N–H and O–H groups in total. The molecule has 2 aliphatic rings. The van der Waals surface area contributed by atoms with Gasteiger partial charge in [-0.3, -0.25) is 9.05 Å². The topological polar surface area (TPSA) is 85.2 Å². The van der Waals surface area contributed by atoms with Gasteiger partial charge in [0.05, 0.1) is 12.7 Å². The molecule has 2 heterocycles. The predicted molar refractivity (Wildman–Crippen MR) is 41.0 cm³/mol. The van der Waals surface area contributed by atoms with Crippen LogP contribution in [0.25, 0.3) is 0 Å².